The molecule has 7 nitrogen and oxygen atoms in total. The molecule has 3 aromatic rings. The number of hydrogen-bond acceptors (Lipinski definition) is 5. The molecule has 0 aliphatic heterocycles. The van der Waals surface area contributed by atoms with Crippen LogP contribution >= 0.6 is 0 Å². The summed E-state index contributed by atoms with van der Waals surface area (Å²) in [6.07, 6.45) is 1.50. The van der Waals surface area contributed by atoms with Gasteiger partial charge >= 0.3 is 5.97 Å². The fraction of sp³-hybridized carbons (Fsp3) is 0.0625. The summed E-state index contributed by atoms with van der Waals surface area (Å²) in [6, 6.07) is 14.1. The normalized spacial score (nSPS) is 10.9. The van der Waals surface area contributed by atoms with Gasteiger partial charge in [-0.05, 0) is 30.3 Å². The number of nitrogens with zero attached hydrogens (tertiary/aromatic N) is 5. The fourth-order valence-corrected chi connectivity index (χ4v) is 2.14. The summed E-state index contributed by atoms with van der Waals surface area (Å²) < 4.78 is 1.68. The minimum Gasteiger partial charge on any atom is -0.481 e. The molecule has 7 heteroatoms. The van der Waals surface area contributed by atoms with Crippen molar-refractivity contribution >= 4 is 23.1 Å². The molecule has 23 heavy (non-hydrogen) atoms. The lowest BCUT2D eigenvalue weighted by Gasteiger charge is -1.97. The van der Waals surface area contributed by atoms with Crippen LogP contribution in [0.1, 0.15) is 11.3 Å². The van der Waals surface area contributed by atoms with E-state index < -0.39 is 5.97 Å². The van der Waals surface area contributed by atoms with Gasteiger partial charge in [-0.1, -0.05) is 12.1 Å². The number of azo groups is 1. The van der Waals surface area contributed by atoms with Gasteiger partial charge < -0.3 is 5.11 Å². The fourth-order valence-electron chi connectivity index (χ4n) is 2.14. The Bertz CT molecular complexity index is 953. The first kappa shape index (κ1) is 14.4. The molecule has 0 atom stereocenters. The molecular formula is C16H11N5O2. The number of hydrogen-bond donors (Lipinski definition) is 1. The first-order chi connectivity index (χ1) is 11.2. The average molecular weight is 305 g/mol. The zero-order valence-electron chi connectivity index (χ0n) is 11.9. The highest BCUT2D eigenvalue weighted by Gasteiger charge is 2.14. The van der Waals surface area contributed by atoms with Crippen LogP contribution in [0.25, 0.3) is 5.65 Å². The maximum atomic E-state index is 11.0. The van der Waals surface area contributed by atoms with Crippen LogP contribution in [0.4, 0.5) is 11.5 Å². The molecular weight excluding hydrogens is 294 g/mol. The zero-order valence-corrected chi connectivity index (χ0v) is 11.9. The summed E-state index contributed by atoms with van der Waals surface area (Å²) in [5.41, 5.74) is 1.92. The van der Waals surface area contributed by atoms with Gasteiger partial charge in [0.15, 0.2) is 5.82 Å². The van der Waals surface area contributed by atoms with Gasteiger partial charge in [-0.2, -0.15) is 5.26 Å². The van der Waals surface area contributed by atoms with Crippen LogP contribution in [0, 0.1) is 11.3 Å². The molecule has 2 heterocycles. The van der Waals surface area contributed by atoms with Gasteiger partial charge in [-0.15, -0.1) is 10.2 Å². The Morgan fingerprint density at radius 2 is 2.13 bits per heavy atom. The van der Waals surface area contributed by atoms with Crippen molar-refractivity contribution in [3.05, 3.63) is 59.9 Å². The van der Waals surface area contributed by atoms with Crippen LogP contribution in [-0.4, -0.2) is 20.5 Å². The molecule has 112 valence electrons. The molecule has 2 aromatic heterocycles. The molecule has 0 fully saturated rings. The van der Waals surface area contributed by atoms with E-state index >= 15 is 0 Å². The van der Waals surface area contributed by atoms with Crippen molar-refractivity contribution < 1.29 is 9.90 Å². The second-order valence-electron chi connectivity index (χ2n) is 4.74. The zero-order chi connectivity index (χ0) is 16.2. The van der Waals surface area contributed by atoms with Crippen LogP contribution in [0.2, 0.25) is 0 Å². The number of carbonyl (C=O) groups is 1. The second kappa shape index (κ2) is 6.07. The summed E-state index contributed by atoms with van der Waals surface area (Å²) in [7, 11) is 0. The number of aliphatic carboxylic acids is 1. The number of pyridine rings is 1. The standard InChI is InChI=1S/C16H11N5O2/c17-10-11-4-3-5-12(8-11)19-20-16-13(9-15(22)23)18-14-6-1-2-7-21(14)16/h1-8H,9H2,(H,22,23). The van der Waals surface area contributed by atoms with Crippen LogP contribution in [0.5, 0.6) is 0 Å². The van der Waals surface area contributed by atoms with Gasteiger partial charge in [-0.25, -0.2) is 4.98 Å². The predicted octanol–water partition coefficient (Wildman–Crippen LogP) is 3.25. The summed E-state index contributed by atoms with van der Waals surface area (Å²) in [6.45, 7) is 0. The van der Waals surface area contributed by atoms with Crippen LogP contribution < -0.4 is 0 Å². The Labute approximate surface area is 131 Å². The third-order valence-electron chi connectivity index (χ3n) is 3.13. The molecule has 0 unspecified atom stereocenters. The van der Waals surface area contributed by atoms with Gasteiger partial charge in [0.2, 0.25) is 0 Å². The largest absolute Gasteiger partial charge is 0.481 e. The molecule has 0 saturated carbocycles. The highest BCUT2D eigenvalue weighted by atomic mass is 16.4. The first-order valence-electron chi connectivity index (χ1n) is 6.77. The smallest absolute Gasteiger partial charge is 0.309 e. The van der Waals surface area contributed by atoms with Crippen molar-refractivity contribution in [2.24, 2.45) is 10.2 Å². The number of nitriles is 1. The highest BCUT2D eigenvalue weighted by molar-refractivity contribution is 5.72. The average Bonchev–Trinajstić information content (AvgIpc) is 2.89. The van der Waals surface area contributed by atoms with Crippen molar-refractivity contribution in [3.8, 4) is 6.07 Å². The van der Waals surface area contributed by atoms with Gasteiger partial charge in [0.1, 0.15) is 5.65 Å². The van der Waals surface area contributed by atoms with E-state index in [1.54, 1.807) is 47.0 Å². The Morgan fingerprint density at radius 1 is 1.26 bits per heavy atom. The van der Waals surface area contributed by atoms with Crippen LogP contribution in [0.15, 0.2) is 58.9 Å². The summed E-state index contributed by atoms with van der Waals surface area (Å²) in [5.74, 6) is -0.623. The SMILES string of the molecule is N#Cc1cccc(N=Nc2c(CC(=O)O)nc3ccccn23)c1. The molecule has 3 rings (SSSR count). The van der Waals surface area contributed by atoms with Crippen molar-refractivity contribution in [3.63, 3.8) is 0 Å². The van der Waals surface area contributed by atoms with Crippen LogP contribution in [-0.2, 0) is 11.2 Å². The second-order valence-corrected chi connectivity index (χ2v) is 4.74. The van der Waals surface area contributed by atoms with Crippen LogP contribution in [0.3, 0.4) is 0 Å². The minimum absolute atomic E-state index is 0.242. The molecule has 0 saturated heterocycles. The monoisotopic (exact) mass is 305 g/mol. The molecule has 1 N–H and O–H groups in total. The van der Waals surface area contributed by atoms with E-state index in [1.807, 2.05) is 12.1 Å². The molecule has 0 radical (unpaired) electrons. The summed E-state index contributed by atoms with van der Waals surface area (Å²) >= 11 is 0. The lowest BCUT2D eigenvalue weighted by Crippen LogP contribution is -2.00. The lowest BCUT2D eigenvalue weighted by atomic mass is 10.2. The molecule has 0 bridgehead atoms. The van der Waals surface area contributed by atoms with E-state index in [1.165, 1.54) is 0 Å². The molecule has 0 aliphatic rings. The number of aromatic nitrogens is 2. The quantitative estimate of drug-likeness (QED) is 0.747. The number of rotatable bonds is 4. The Kier molecular flexibility index (Phi) is 3.80. The molecule has 1 aromatic carbocycles. The van der Waals surface area contributed by atoms with E-state index in [-0.39, 0.29) is 6.42 Å². The third kappa shape index (κ3) is 3.06. The number of benzene rings is 1. The summed E-state index contributed by atoms with van der Waals surface area (Å²) in [5, 5.41) is 26.2. The lowest BCUT2D eigenvalue weighted by molar-refractivity contribution is -0.136. The first-order valence-corrected chi connectivity index (χ1v) is 6.77. The van der Waals surface area contributed by atoms with E-state index in [9.17, 15) is 4.79 Å². The minimum atomic E-state index is -0.990. The maximum absolute atomic E-state index is 11.0. The number of imidazole rings is 1. The van der Waals surface area contributed by atoms with Gasteiger partial charge in [0, 0.05) is 6.20 Å². The Hall–Kier alpha value is -3.53. The number of carboxylic acid groups (broad SMARTS) is 1. The van der Waals surface area contributed by atoms with Gasteiger partial charge in [0.05, 0.1) is 29.4 Å². The van der Waals surface area contributed by atoms with E-state index in [2.05, 4.69) is 15.2 Å². The molecule has 0 amide bonds. The topological polar surface area (TPSA) is 103 Å². The Morgan fingerprint density at radius 3 is 2.91 bits per heavy atom. The van der Waals surface area contributed by atoms with Crippen molar-refractivity contribution in [1.82, 2.24) is 9.38 Å². The number of fused-ring (bicyclic) bond motifs is 1. The molecule has 0 spiro atoms. The predicted molar refractivity (Wildman–Crippen MR) is 81.9 cm³/mol. The van der Waals surface area contributed by atoms with Gasteiger partial charge in [0.25, 0.3) is 0 Å². The number of carboxylic acids is 1. The van der Waals surface area contributed by atoms with Crippen molar-refractivity contribution in [2.45, 2.75) is 6.42 Å². The van der Waals surface area contributed by atoms with Gasteiger partial charge in [-0.3, -0.25) is 9.20 Å². The molecule has 0 aliphatic carbocycles. The van der Waals surface area contributed by atoms with Crippen molar-refractivity contribution in [2.75, 3.05) is 0 Å². The third-order valence-corrected chi connectivity index (χ3v) is 3.13. The Balaban J connectivity index is 2.05. The maximum Gasteiger partial charge on any atom is 0.309 e. The van der Waals surface area contributed by atoms with Crippen molar-refractivity contribution in [1.29, 1.82) is 5.26 Å². The van der Waals surface area contributed by atoms with E-state index in [0.717, 1.165) is 0 Å². The highest BCUT2D eigenvalue weighted by Crippen LogP contribution is 2.25. The van der Waals surface area contributed by atoms with E-state index in [0.29, 0.717) is 28.4 Å². The van der Waals surface area contributed by atoms with E-state index in [4.69, 9.17) is 10.4 Å². The summed E-state index contributed by atoms with van der Waals surface area (Å²) in [4.78, 5) is 15.3.